The van der Waals surface area contributed by atoms with Crippen LogP contribution in [0.2, 0.25) is 0 Å². The van der Waals surface area contributed by atoms with Crippen LogP contribution < -0.4 is 16.2 Å². The van der Waals surface area contributed by atoms with Gasteiger partial charge in [-0.3, -0.25) is 19.3 Å². The number of aryl methyl sites for hydroxylation is 3. The fourth-order valence-corrected chi connectivity index (χ4v) is 7.34. The van der Waals surface area contributed by atoms with E-state index in [1.807, 2.05) is 50.5 Å². The van der Waals surface area contributed by atoms with Gasteiger partial charge in [0, 0.05) is 61.5 Å². The van der Waals surface area contributed by atoms with E-state index >= 15 is 0 Å². The summed E-state index contributed by atoms with van der Waals surface area (Å²) >= 11 is 1.61. The lowest BCUT2D eigenvalue weighted by molar-refractivity contribution is -0.139. The van der Waals surface area contributed by atoms with Crippen molar-refractivity contribution in [3.63, 3.8) is 0 Å². The number of allylic oxidation sites excluding steroid dienone is 4. The molecular weight excluding hydrogens is 560 g/mol. The fourth-order valence-electron chi connectivity index (χ4n) is 6.20. The van der Waals surface area contributed by atoms with Crippen molar-refractivity contribution in [2.45, 2.75) is 44.6 Å². The number of anilines is 2. The Kier molecular flexibility index (Phi) is 8.07. The number of nitrogens with one attached hydrogen (secondary N) is 2. The molecule has 3 aromatic rings. The van der Waals surface area contributed by atoms with Crippen molar-refractivity contribution in [3.8, 4) is 0 Å². The smallest absolute Gasteiger partial charge is 0.293 e. The number of hydrogen-bond donors (Lipinski definition) is 2. The Labute approximate surface area is 255 Å². The molecule has 3 aliphatic rings. The van der Waals surface area contributed by atoms with Gasteiger partial charge in [-0.05, 0) is 68.1 Å². The maximum absolute atomic E-state index is 13.2. The minimum atomic E-state index is -0.324. The highest BCUT2D eigenvalue weighted by Gasteiger charge is 2.32. The van der Waals surface area contributed by atoms with E-state index in [0.717, 1.165) is 41.2 Å². The van der Waals surface area contributed by atoms with E-state index in [1.54, 1.807) is 29.5 Å². The number of hydrogen-bond acceptors (Lipinski definition) is 7. The van der Waals surface area contributed by atoms with E-state index in [2.05, 4.69) is 34.6 Å². The number of fused-ring (bicyclic) bond motifs is 1. The second-order valence-corrected chi connectivity index (χ2v) is 13.0. The lowest BCUT2D eigenvalue weighted by Crippen LogP contribution is -2.48. The normalized spacial score (nSPS) is 22.2. The molecule has 224 valence electrons. The van der Waals surface area contributed by atoms with Gasteiger partial charge in [-0.25, -0.2) is 4.98 Å². The van der Waals surface area contributed by atoms with Gasteiger partial charge in [-0.1, -0.05) is 31.2 Å². The Hall–Kier alpha value is -4.02. The zero-order valence-electron chi connectivity index (χ0n) is 25.1. The Morgan fingerprint density at radius 3 is 2.58 bits per heavy atom. The number of piperazine rings is 1. The highest BCUT2D eigenvalue weighted by molar-refractivity contribution is 7.14. The first-order valence-electron chi connectivity index (χ1n) is 14.9. The number of carbonyl (C=O) groups is 2. The molecule has 9 nitrogen and oxygen atoms in total. The standard InChI is InChI=1S/C33H38N6O3S/c1-20-24(9-7-10-25(20)36-31(40)28-18-22-8-5-6-11-27(22)43-28)26-19-39(4)33(42)30(35-26)34-23-14-12-21(13-15-23)29-32(41)38(3)17-16-37(29)2/h7,9-10,12-15,18-20,24,29H,5-6,8,11,16-17H2,1-4H3,(H,34,35)(H,36,40). The minimum Gasteiger partial charge on any atom is -0.343 e. The Morgan fingerprint density at radius 2 is 1.81 bits per heavy atom. The molecule has 2 N–H and O–H groups in total. The van der Waals surface area contributed by atoms with E-state index < -0.39 is 0 Å². The van der Waals surface area contributed by atoms with Gasteiger partial charge in [0.05, 0.1) is 10.6 Å². The van der Waals surface area contributed by atoms with Crippen molar-refractivity contribution in [1.29, 1.82) is 0 Å². The van der Waals surface area contributed by atoms with E-state index in [0.29, 0.717) is 12.2 Å². The van der Waals surface area contributed by atoms with Gasteiger partial charge in [0.2, 0.25) is 5.91 Å². The van der Waals surface area contributed by atoms with Crippen molar-refractivity contribution in [2.75, 3.05) is 32.5 Å². The summed E-state index contributed by atoms with van der Waals surface area (Å²) in [7, 11) is 5.51. The van der Waals surface area contributed by atoms with Gasteiger partial charge in [0.25, 0.3) is 11.5 Å². The van der Waals surface area contributed by atoms with E-state index in [1.165, 1.54) is 27.8 Å². The van der Waals surface area contributed by atoms with Crippen LogP contribution in [-0.4, -0.2) is 58.4 Å². The van der Waals surface area contributed by atoms with Crippen molar-refractivity contribution in [1.82, 2.24) is 24.7 Å². The van der Waals surface area contributed by atoms with Crippen molar-refractivity contribution in [3.05, 3.63) is 97.4 Å². The molecule has 2 aliphatic carbocycles. The SMILES string of the molecule is CC1C(NC(=O)c2cc3c(s2)CCCC3)=CC=CC1c1cn(C)c(=O)c(Nc2ccc(C3C(=O)N(C)CCN3C)cc2)n1. The first kappa shape index (κ1) is 29.1. The number of benzene rings is 1. The first-order valence-corrected chi connectivity index (χ1v) is 15.7. The van der Waals surface area contributed by atoms with Gasteiger partial charge in [0.1, 0.15) is 6.04 Å². The lowest BCUT2D eigenvalue weighted by atomic mass is 9.85. The molecule has 0 spiro atoms. The number of amides is 2. The van der Waals surface area contributed by atoms with Crippen LogP contribution in [0.5, 0.6) is 0 Å². The molecule has 0 bridgehead atoms. The van der Waals surface area contributed by atoms with Gasteiger partial charge in [-0.2, -0.15) is 0 Å². The van der Waals surface area contributed by atoms with Crippen LogP contribution in [-0.2, 0) is 24.7 Å². The molecule has 2 aromatic heterocycles. The highest BCUT2D eigenvalue weighted by Crippen LogP contribution is 2.34. The third-order valence-corrected chi connectivity index (χ3v) is 10.1. The molecular formula is C33H38N6O3S. The summed E-state index contributed by atoms with van der Waals surface area (Å²) in [6.07, 6.45) is 12.2. The number of rotatable bonds is 6. The number of likely N-dealkylation sites (N-methyl/N-ethyl adjacent to an activating group) is 2. The number of thiophene rings is 1. The topological polar surface area (TPSA) is 99.6 Å². The molecule has 2 amide bonds. The van der Waals surface area contributed by atoms with Crippen molar-refractivity contribution < 1.29 is 9.59 Å². The van der Waals surface area contributed by atoms with Crippen molar-refractivity contribution >= 4 is 34.7 Å². The van der Waals surface area contributed by atoms with Gasteiger partial charge in [0.15, 0.2) is 5.82 Å². The Bertz CT molecular complexity index is 1650. The van der Waals surface area contributed by atoms with Crippen LogP contribution >= 0.6 is 11.3 Å². The summed E-state index contributed by atoms with van der Waals surface area (Å²) in [5.74, 6) is 0.0495. The van der Waals surface area contributed by atoms with Crippen LogP contribution in [0, 0.1) is 5.92 Å². The quantitative estimate of drug-likeness (QED) is 0.433. The maximum Gasteiger partial charge on any atom is 0.293 e. The van der Waals surface area contributed by atoms with Crippen LogP contribution in [0.3, 0.4) is 0 Å². The number of carbonyl (C=O) groups excluding carboxylic acids is 2. The summed E-state index contributed by atoms with van der Waals surface area (Å²) in [5.41, 5.74) is 4.26. The summed E-state index contributed by atoms with van der Waals surface area (Å²) in [6.45, 7) is 3.59. The monoisotopic (exact) mass is 598 g/mol. The summed E-state index contributed by atoms with van der Waals surface area (Å²) in [5, 5.41) is 6.35. The average Bonchev–Trinajstić information content (AvgIpc) is 3.44. The second-order valence-electron chi connectivity index (χ2n) is 11.9. The van der Waals surface area contributed by atoms with Crippen molar-refractivity contribution in [2.24, 2.45) is 13.0 Å². The third-order valence-electron chi connectivity index (χ3n) is 8.86. The first-order chi connectivity index (χ1) is 20.7. The second kappa shape index (κ2) is 11.9. The van der Waals surface area contributed by atoms with Gasteiger partial charge >= 0.3 is 0 Å². The summed E-state index contributed by atoms with van der Waals surface area (Å²) in [6, 6.07) is 9.32. The molecule has 10 heteroatoms. The Morgan fingerprint density at radius 1 is 1.05 bits per heavy atom. The zero-order valence-corrected chi connectivity index (χ0v) is 25.9. The molecule has 3 atom stereocenters. The molecule has 1 aliphatic heterocycles. The predicted octanol–water partition coefficient (Wildman–Crippen LogP) is 4.51. The van der Waals surface area contributed by atoms with Gasteiger partial charge in [-0.15, -0.1) is 11.3 Å². The predicted molar refractivity (Wildman–Crippen MR) is 170 cm³/mol. The number of nitrogens with zero attached hydrogens (tertiary/aromatic N) is 4. The zero-order chi connectivity index (χ0) is 30.2. The molecule has 1 aromatic carbocycles. The molecule has 3 unspecified atom stereocenters. The van der Waals surface area contributed by atoms with E-state index in [9.17, 15) is 14.4 Å². The molecule has 3 heterocycles. The maximum atomic E-state index is 13.2. The largest absolute Gasteiger partial charge is 0.343 e. The molecule has 1 saturated heterocycles. The molecule has 1 fully saturated rings. The fraction of sp³-hybridized carbons (Fsp3) is 0.394. The number of aromatic nitrogens is 2. The molecule has 0 radical (unpaired) electrons. The molecule has 0 saturated carbocycles. The molecule has 6 rings (SSSR count). The lowest BCUT2D eigenvalue weighted by Gasteiger charge is -2.37. The summed E-state index contributed by atoms with van der Waals surface area (Å²) < 4.78 is 1.54. The van der Waals surface area contributed by atoms with Crippen LogP contribution in [0.15, 0.2) is 65.2 Å². The molecule has 43 heavy (non-hydrogen) atoms. The van der Waals surface area contributed by atoms with Crippen LogP contribution in [0.4, 0.5) is 11.5 Å². The van der Waals surface area contributed by atoms with Crippen LogP contribution in [0.1, 0.15) is 63.1 Å². The van der Waals surface area contributed by atoms with E-state index in [4.69, 9.17) is 4.98 Å². The average molecular weight is 599 g/mol. The minimum absolute atomic E-state index is 0.0520. The highest BCUT2D eigenvalue weighted by atomic mass is 32.1. The van der Waals surface area contributed by atoms with Gasteiger partial charge < -0.3 is 20.1 Å². The Balaban J connectivity index is 1.18. The summed E-state index contributed by atoms with van der Waals surface area (Å²) in [4.78, 5) is 49.7. The van der Waals surface area contributed by atoms with E-state index in [-0.39, 0.29) is 41.1 Å². The third kappa shape index (κ3) is 5.81. The van der Waals surface area contributed by atoms with Crippen LogP contribution in [0.25, 0.3) is 0 Å².